The summed E-state index contributed by atoms with van der Waals surface area (Å²) in [4.78, 5) is 0. The molecule has 0 aromatic heterocycles. The van der Waals surface area contributed by atoms with Crippen LogP contribution in [0, 0.1) is 5.92 Å². The van der Waals surface area contributed by atoms with E-state index in [1.165, 1.54) is 0 Å². The summed E-state index contributed by atoms with van der Waals surface area (Å²) in [6.45, 7) is 0.724. The molecule has 18 heavy (non-hydrogen) atoms. The van der Waals surface area contributed by atoms with E-state index in [1.807, 2.05) is 6.92 Å². The second-order valence-electron chi connectivity index (χ2n) is 4.57. The minimum atomic E-state index is -4.56. The lowest BCUT2D eigenvalue weighted by Crippen LogP contribution is -2.54. The highest BCUT2D eigenvalue weighted by molar-refractivity contribution is 7.87. The molecule has 0 spiro atoms. The highest BCUT2D eigenvalue weighted by atomic mass is 32.2. The summed E-state index contributed by atoms with van der Waals surface area (Å²) >= 11 is 0. The summed E-state index contributed by atoms with van der Waals surface area (Å²) in [6.07, 6.45) is -3.36. The minimum absolute atomic E-state index is 0.108. The highest BCUT2D eigenvalue weighted by Crippen LogP contribution is 2.24. The summed E-state index contributed by atoms with van der Waals surface area (Å²) in [6, 6.07) is -0.431. The van der Waals surface area contributed by atoms with Gasteiger partial charge < -0.3 is 5.73 Å². The van der Waals surface area contributed by atoms with Crippen LogP contribution in [0.4, 0.5) is 13.2 Å². The maximum Gasteiger partial charge on any atom is 0.402 e. The Morgan fingerprint density at radius 1 is 1.44 bits per heavy atom. The van der Waals surface area contributed by atoms with Gasteiger partial charge in [0.1, 0.15) is 6.54 Å². The van der Waals surface area contributed by atoms with Gasteiger partial charge in [-0.25, -0.2) is 0 Å². The standard InChI is InChI=1S/C9H18F3N3O2S/c1-7-2-3-15(8(4-7)5-13)18(16,17)14-6-9(10,11)12/h7-8,14H,2-6,13H2,1H3. The van der Waals surface area contributed by atoms with Crippen LogP contribution in [0.1, 0.15) is 19.8 Å². The first kappa shape index (κ1) is 15.7. The van der Waals surface area contributed by atoms with E-state index in [1.54, 1.807) is 4.72 Å². The molecular formula is C9H18F3N3O2S. The Labute approximate surface area is 105 Å². The Hall–Kier alpha value is -0.380. The quantitative estimate of drug-likeness (QED) is 0.788. The topological polar surface area (TPSA) is 75.4 Å². The van der Waals surface area contributed by atoms with Crippen molar-refractivity contribution in [1.29, 1.82) is 0 Å². The molecule has 0 aromatic rings. The third kappa shape index (κ3) is 4.38. The number of hydrogen-bond donors (Lipinski definition) is 2. The molecule has 3 N–H and O–H groups in total. The predicted octanol–water partition coefficient (Wildman–Crippen LogP) is 0.442. The average molecular weight is 289 g/mol. The van der Waals surface area contributed by atoms with Gasteiger partial charge in [0.05, 0.1) is 0 Å². The van der Waals surface area contributed by atoms with Crippen LogP contribution in [-0.4, -0.2) is 44.6 Å². The number of nitrogens with two attached hydrogens (primary N) is 1. The second-order valence-corrected chi connectivity index (χ2v) is 6.28. The fraction of sp³-hybridized carbons (Fsp3) is 1.00. The van der Waals surface area contributed by atoms with Gasteiger partial charge in [-0.3, -0.25) is 0 Å². The van der Waals surface area contributed by atoms with E-state index in [-0.39, 0.29) is 13.1 Å². The Morgan fingerprint density at radius 2 is 2.06 bits per heavy atom. The van der Waals surface area contributed by atoms with Gasteiger partial charge >= 0.3 is 6.18 Å². The monoisotopic (exact) mass is 289 g/mol. The number of hydrogen-bond acceptors (Lipinski definition) is 3. The van der Waals surface area contributed by atoms with Crippen LogP contribution in [0.5, 0.6) is 0 Å². The van der Waals surface area contributed by atoms with Gasteiger partial charge in [-0.1, -0.05) is 6.92 Å². The van der Waals surface area contributed by atoms with Crippen LogP contribution in [0.2, 0.25) is 0 Å². The first-order valence-electron chi connectivity index (χ1n) is 5.69. The molecule has 1 aliphatic heterocycles. The Kier molecular flexibility index (Phi) is 4.98. The lowest BCUT2D eigenvalue weighted by molar-refractivity contribution is -0.121. The number of alkyl halides is 3. The largest absolute Gasteiger partial charge is 0.402 e. The molecule has 0 aliphatic carbocycles. The van der Waals surface area contributed by atoms with Crippen LogP contribution < -0.4 is 10.5 Å². The van der Waals surface area contributed by atoms with Crippen molar-refractivity contribution in [3.8, 4) is 0 Å². The van der Waals surface area contributed by atoms with Gasteiger partial charge in [0.2, 0.25) is 0 Å². The van der Waals surface area contributed by atoms with Crippen molar-refractivity contribution in [3.63, 3.8) is 0 Å². The van der Waals surface area contributed by atoms with Crippen LogP contribution in [-0.2, 0) is 10.2 Å². The highest BCUT2D eigenvalue weighted by Gasteiger charge is 2.36. The van der Waals surface area contributed by atoms with Crippen LogP contribution in [0.25, 0.3) is 0 Å². The van der Waals surface area contributed by atoms with E-state index in [0.717, 1.165) is 4.31 Å². The van der Waals surface area contributed by atoms with E-state index >= 15 is 0 Å². The SMILES string of the molecule is CC1CCN(S(=O)(=O)NCC(F)(F)F)C(CN)C1. The fourth-order valence-electron chi connectivity index (χ4n) is 2.02. The van der Waals surface area contributed by atoms with Crippen LogP contribution >= 0.6 is 0 Å². The molecule has 1 heterocycles. The van der Waals surface area contributed by atoms with E-state index in [9.17, 15) is 21.6 Å². The summed E-state index contributed by atoms with van der Waals surface area (Å²) in [5.41, 5.74) is 5.48. The summed E-state index contributed by atoms with van der Waals surface area (Å²) < 4.78 is 62.2. The van der Waals surface area contributed by atoms with E-state index in [0.29, 0.717) is 18.8 Å². The van der Waals surface area contributed by atoms with Crippen molar-refractivity contribution < 1.29 is 21.6 Å². The van der Waals surface area contributed by atoms with Crippen molar-refractivity contribution >= 4 is 10.2 Å². The van der Waals surface area contributed by atoms with E-state index < -0.39 is 29.0 Å². The van der Waals surface area contributed by atoms with Gasteiger partial charge in [0.25, 0.3) is 10.2 Å². The second kappa shape index (κ2) is 5.72. The molecule has 0 saturated carbocycles. The number of piperidine rings is 1. The van der Waals surface area contributed by atoms with Gasteiger partial charge in [-0.15, -0.1) is 0 Å². The molecule has 0 bridgehead atoms. The molecule has 1 saturated heterocycles. The first-order chi connectivity index (χ1) is 8.15. The first-order valence-corrected chi connectivity index (χ1v) is 7.13. The van der Waals surface area contributed by atoms with E-state index in [4.69, 9.17) is 5.73 Å². The average Bonchev–Trinajstić information content (AvgIpc) is 2.25. The van der Waals surface area contributed by atoms with Crippen molar-refractivity contribution in [1.82, 2.24) is 9.03 Å². The molecule has 1 rings (SSSR count). The van der Waals surface area contributed by atoms with Crippen LogP contribution in [0.15, 0.2) is 0 Å². The summed E-state index contributed by atoms with van der Waals surface area (Å²) in [7, 11) is -4.12. The van der Waals surface area contributed by atoms with Crippen molar-refractivity contribution in [2.75, 3.05) is 19.6 Å². The third-order valence-corrected chi connectivity index (χ3v) is 4.57. The van der Waals surface area contributed by atoms with Gasteiger partial charge in [-0.05, 0) is 18.8 Å². The van der Waals surface area contributed by atoms with Crippen LogP contribution in [0.3, 0.4) is 0 Å². The van der Waals surface area contributed by atoms with Crippen molar-refractivity contribution in [2.24, 2.45) is 11.7 Å². The lowest BCUT2D eigenvalue weighted by atomic mass is 9.94. The smallest absolute Gasteiger partial charge is 0.329 e. The lowest BCUT2D eigenvalue weighted by Gasteiger charge is -2.36. The Balaban J connectivity index is 2.71. The summed E-state index contributed by atoms with van der Waals surface area (Å²) in [5, 5.41) is 0. The molecule has 2 atom stereocenters. The van der Waals surface area contributed by atoms with Gasteiger partial charge in [0.15, 0.2) is 0 Å². The number of rotatable bonds is 4. The molecule has 1 aliphatic rings. The minimum Gasteiger partial charge on any atom is -0.329 e. The molecule has 9 heteroatoms. The molecule has 2 unspecified atom stereocenters. The van der Waals surface area contributed by atoms with Crippen molar-refractivity contribution in [2.45, 2.75) is 32.0 Å². The molecule has 108 valence electrons. The van der Waals surface area contributed by atoms with Gasteiger partial charge in [0, 0.05) is 19.1 Å². The molecule has 0 radical (unpaired) electrons. The number of halogens is 3. The Morgan fingerprint density at radius 3 is 2.56 bits per heavy atom. The maximum absolute atomic E-state index is 12.0. The zero-order valence-electron chi connectivity index (χ0n) is 10.1. The maximum atomic E-state index is 12.0. The zero-order chi connectivity index (χ0) is 14.0. The number of nitrogens with zero attached hydrogens (tertiary/aromatic N) is 1. The molecule has 0 aromatic carbocycles. The fourth-order valence-corrected chi connectivity index (χ4v) is 3.44. The third-order valence-electron chi connectivity index (χ3n) is 2.96. The summed E-state index contributed by atoms with van der Waals surface area (Å²) in [5.74, 6) is 0.326. The predicted molar refractivity (Wildman–Crippen MR) is 60.9 cm³/mol. The molecule has 5 nitrogen and oxygen atoms in total. The van der Waals surface area contributed by atoms with Gasteiger partial charge in [-0.2, -0.15) is 30.6 Å². The zero-order valence-corrected chi connectivity index (χ0v) is 10.9. The normalized spacial score (nSPS) is 27.4. The van der Waals surface area contributed by atoms with Crippen molar-refractivity contribution in [3.05, 3.63) is 0 Å². The molecule has 0 amide bonds. The molecular weight excluding hydrogens is 271 g/mol. The number of nitrogens with one attached hydrogen (secondary N) is 1. The molecule has 1 fully saturated rings. The van der Waals surface area contributed by atoms with E-state index in [2.05, 4.69) is 0 Å². The Bertz CT molecular complexity index is 372.